The number of halogens is 6. The van der Waals surface area contributed by atoms with Crippen molar-refractivity contribution >= 4 is 0 Å². The average molecular weight is 280 g/mol. The summed E-state index contributed by atoms with van der Waals surface area (Å²) in [5.41, 5.74) is 0. The molecule has 0 aliphatic carbocycles. The Balaban J connectivity index is 4.25. The molecule has 0 heterocycles. The number of nitrogens with one attached hydrogen (secondary N) is 1. The van der Waals surface area contributed by atoms with E-state index >= 15 is 0 Å². The molecule has 110 valence electrons. The van der Waals surface area contributed by atoms with E-state index in [1.165, 1.54) is 7.05 Å². The molecule has 0 rings (SSSR count). The minimum Gasteiger partial charge on any atom is -0.315 e. The lowest BCUT2D eigenvalue weighted by Gasteiger charge is -2.27. The van der Waals surface area contributed by atoms with Gasteiger partial charge >= 0.3 is 12.4 Å². The minimum atomic E-state index is -5.26. The van der Waals surface area contributed by atoms with E-state index in [4.69, 9.17) is 0 Å². The van der Waals surface area contributed by atoms with Crippen molar-refractivity contribution in [3.63, 3.8) is 0 Å². The van der Waals surface area contributed by atoms with Crippen LogP contribution in [0.25, 0.3) is 0 Å². The SMILES string of the molecule is CCCNCCN(C)CC(C(F)(F)F)C(F)(F)F. The first-order chi connectivity index (χ1) is 8.09. The Kier molecular flexibility index (Phi) is 6.98. The molecule has 0 aliphatic rings. The van der Waals surface area contributed by atoms with Crippen LogP contribution in [0.2, 0.25) is 0 Å². The number of likely N-dealkylation sites (N-methyl/N-ethyl adjacent to an activating group) is 1. The first-order valence-corrected chi connectivity index (χ1v) is 5.61. The molecule has 0 saturated carbocycles. The van der Waals surface area contributed by atoms with Crippen LogP contribution in [0.5, 0.6) is 0 Å². The van der Waals surface area contributed by atoms with E-state index in [0.717, 1.165) is 11.3 Å². The average Bonchev–Trinajstić information content (AvgIpc) is 2.18. The molecule has 8 heteroatoms. The van der Waals surface area contributed by atoms with E-state index in [9.17, 15) is 26.3 Å². The van der Waals surface area contributed by atoms with Crippen LogP contribution in [0, 0.1) is 5.92 Å². The summed E-state index contributed by atoms with van der Waals surface area (Å²) in [5, 5.41) is 2.91. The Morgan fingerprint density at radius 2 is 1.50 bits per heavy atom. The molecule has 0 spiro atoms. The molecule has 18 heavy (non-hydrogen) atoms. The van der Waals surface area contributed by atoms with Crippen molar-refractivity contribution < 1.29 is 26.3 Å². The van der Waals surface area contributed by atoms with Crippen LogP contribution in [0.4, 0.5) is 26.3 Å². The quantitative estimate of drug-likeness (QED) is 0.570. The fourth-order valence-corrected chi connectivity index (χ4v) is 1.37. The third-order valence-electron chi connectivity index (χ3n) is 2.38. The molecule has 0 fully saturated rings. The molecular weight excluding hydrogens is 262 g/mol. The van der Waals surface area contributed by atoms with E-state index in [2.05, 4.69) is 5.32 Å². The van der Waals surface area contributed by atoms with E-state index in [1.54, 1.807) is 0 Å². The van der Waals surface area contributed by atoms with Crippen LogP contribution in [-0.2, 0) is 0 Å². The van der Waals surface area contributed by atoms with Gasteiger partial charge in [-0.25, -0.2) is 0 Å². The van der Waals surface area contributed by atoms with E-state index < -0.39 is 24.8 Å². The zero-order valence-corrected chi connectivity index (χ0v) is 10.3. The number of hydrogen-bond acceptors (Lipinski definition) is 2. The Morgan fingerprint density at radius 3 is 1.89 bits per heavy atom. The van der Waals surface area contributed by atoms with Gasteiger partial charge in [-0.05, 0) is 20.0 Å². The van der Waals surface area contributed by atoms with Gasteiger partial charge in [0.2, 0.25) is 0 Å². The van der Waals surface area contributed by atoms with Gasteiger partial charge in [0.05, 0.1) is 0 Å². The second-order valence-corrected chi connectivity index (χ2v) is 4.15. The summed E-state index contributed by atoms with van der Waals surface area (Å²) in [7, 11) is 1.25. The maximum absolute atomic E-state index is 12.3. The third-order valence-corrected chi connectivity index (χ3v) is 2.38. The van der Waals surface area contributed by atoms with Crippen molar-refractivity contribution in [3.8, 4) is 0 Å². The van der Waals surface area contributed by atoms with Gasteiger partial charge in [0.25, 0.3) is 0 Å². The predicted octanol–water partition coefficient (Wildman–Crippen LogP) is 2.66. The highest BCUT2D eigenvalue weighted by Gasteiger charge is 2.56. The monoisotopic (exact) mass is 280 g/mol. The molecule has 0 aromatic rings. The highest BCUT2D eigenvalue weighted by Crippen LogP contribution is 2.39. The van der Waals surface area contributed by atoms with Gasteiger partial charge in [0.1, 0.15) is 0 Å². The first kappa shape index (κ1) is 17.5. The van der Waals surface area contributed by atoms with Gasteiger partial charge in [-0.1, -0.05) is 6.92 Å². The van der Waals surface area contributed by atoms with Gasteiger partial charge in [-0.3, -0.25) is 0 Å². The van der Waals surface area contributed by atoms with Crippen LogP contribution < -0.4 is 5.32 Å². The fourth-order valence-electron chi connectivity index (χ4n) is 1.37. The number of rotatable bonds is 7. The van der Waals surface area contributed by atoms with E-state index in [1.807, 2.05) is 6.92 Å². The van der Waals surface area contributed by atoms with Crippen molar-refractivity contribution in [1.82, 2.24) is 10.2 Å². The summed E-state index contributed by atoms with van der Waals surface area (Å²) in [4.78, 5) is 1.04. The van der Waals surface area contributed by atoms with Crippen molar-refractivity contribution in [2.75, 3.05) is 33.2 Å². The molecule has 0 bridgehead atoms. The predicted molar refractivity (Wildman–Crippen MR) is 56.3 cm³/mol. The van der Waals surface area contributed by atoms with Crippen molar-refractivity contribution in [2.45, 2.75) is 25.7 Å². The zero-order chi connectivity index (χ0) is 14.4. The van der Waals surface area contributed by atoms with Crippen LogP contribution in [0.15, 0.2) is 0 Å². The van der Waals surface area contributed by atoms with Crippen molar-refractivity contribution in [1.29, 1.82) is 0 Å². The Morgan fingerprint density at radius 1 is 1.00 bits per heavy atom. The zero-order valence-electron chi connectivity index (χ0n) is 10.3. The molecule has 0 amide bonds. The second-order valence-electron chi connectivity index (χ2n) is 4.15. The lowest BCUT2D eigenvalue weighted by molar-refractivity contribution is -0.286. The van der Waals surface area contributed by atoms with Crippen LogP contribution in [-0.4, -0.2) is 50.5 Å². The molecule has 0 aromatic carbocycles. The van der Waals surface area contributed by atoms with Crippen LogP contribution in [0.3, 0.4) is 0 Å². The Labute approximate surface area is 102 Å². The smallest absolute Gasteiger partial charge is 0.315 e. The normalized spacial score (nSPS) is 13.7. The Bertz CT molecular complexity index is 211. The number of hydrogen-bond donors (Lipinski definition) is 1. The largest absolute Gasteiger partial charge is 0.401 e. The van der Waals surface area contributed by atoms with Gasteiger partial charge in [-0.2, -0.15) is 26.3 Å². The molecule has 0 saturated heterocycles. The minimum absolute atomic E-state index is 0.142. The fraction of sp³-hybridized carbons (Fsp3) is 1.00. The van der Waals surface area contributed by atoms with Crippen molar-refractivity contribution in [2.24, 2.45) is 5.92 Å². The maximum atomic E-state index is 12.3. The molecule has 0 aromatic heterocycles. The topological polar surface area (TPSA) is 15.3 Å². The molecule has 0 atom stereocenters. The summed E-state index contributed by atoms with van der Waals surface area (Å²) in [6.07, 6.45) is -9.66. The highest BCUT2D eigenvalue weighted by molar-refractivity contribution is 4.78. The molecule has 1 N–H and O–H groups in total. The maximum Gasteiger partial charge on any atom is 0.401 e. The summed E-state index contributed by atoms with van der Waals surface area (Å²) >= 11 is 0. The first-order valence-electron chi connectivity index (χ1n) is 5.61. The highest BCUT2D eigenvalue weighted by atomic mass is 19.4. The molecule has 0 radical (unpaired) electrons. The summed E-state index contributed by atoms with van der Waals surface area (Å²) in [5.74, 6) is -3.29. The summed E-state index contributed by atoms with van der Waals surface area (Å²) < 4.78 is 73.5. The van der Waals surface area contributed by atoms with Crippen molar-refractivity contribution in [3.05, 3.63) is 0 Å². The van der Waals surface area contributed by atoms with E-state index in [0.29, 0.717) is 13.1 Å². The van der Waals surface area contributed by atoms with Gasteiger partial charge < -0.3 is 10.2 Å². The van der Waals surface area contributed by atoms with Crippen LogP contribution in [0.1, 0.15) is 13.3 Å². The molecule has 0 unspecified atom stereocenters. The Hall–Kier alpha value is -0.500. The number of nitrogens with zero attached hydrogens (tertiary/aromatic N) is 1. The van der Waals surface area contributed by atoms with E-state index in [-0.39, 0.29) is 6.54 Å². The van der Waals surface area contributed by atoms with Gasteiger partial charge in [0.15, 0.2) is 5.92 Å². The lowest BCUT2D eigenvalue weighted by atomic mass is 10.1. The number of alkyl halides is 6. The molecular formula is C10H18F6N2. The van der Waals surface area contributed by atoms with Crippen LogP contribution >= 0.6 is 0 Å². The second kappa shape index (κ2) is 7.18. The summed E-state index contributed by atoms with van der Waals surface area (Å²) in [6.45, 7) is 2.05. The standard InChI is InChI=1S/C10H18F6N2/c1-3-4-17-5-6-18(2)7-8(9(11,12)13)10(14,15)16/h8,17H,3-7H2,1-2H3. The van der Waals surface area contributed by atoms with Gasteiger partial charge in [0, 0.05) is 19.6 Å². The lowest BCUT2D eigenvalue weighted by Crippen LogP contribution is -2.45. The van der Waals surface area contributed by atoms with Gasteiger partial charge in [-0.15, -0.1) is 0 Å². The third kappa shape index (κ3) is 7.05. The molecule has 2 nitrogen and oxygen atoms in total. The molecule has 0 aliphatic heterocycles. The summed E-state index contributed by atoms with van der Waals surface area (Å²) in [6, 6.07) is 0.